The van der Waals surface area contributed by atoms with Gasteiger partial charge in [0.1, 0.15) is 18.3 Å². The summed E-state index contributed by atoms with van der Waals surface area (Å²) in [5, 5.41) is 0. The van der Waals surface area contributed by atoms with Gasteiger partial charge in [0.25, 0.3) is 18.9 Å². The van der Waals surface area contributed by atoms with E-state index in [1.54, 1.807) is 13.8 Å². The Hall–Kier alpha value is -3.01. The number of alkyl halides is 4. The number of ether oxygens (including phenoxy) is 4. The van der Waals surface area contributed by atoms with Gasteiger partial charge in [-0.05, 0) is 34.1 Å². The van der Waals surface area contributed by atoms with Crippen LogP contribution < -0.4 is 27.4 Å². The van der Waals surface area contributed by atoms with E-state index in [-0.39, 0.29) is 17.6 Å². The summed E-state index contributed by atoms with van der Waals surface area (Å²) in [6.45, 7) is 3.91. The summed E-state index contributed by atoms with van der Waals surface area (Å²) in [5.74, 6) is -1.25. The fraction of sp³-hybridized carbons (Fsp3) is 0.714. The van der Waals surface area contributed by atoms with E-state index >= 15 is 4.39 Å². The molecule has 4 heterocycles. The zero-order valence-corrected chi connectivity index (χ0v) is 28.5. The Labute approximate surface area is 281 Å². The molecule has 9 atom stereocenters. The number of aromatic nitrogens is 4. The van der Waals surface area contributed by atoms with Crippen molar-refractivity contribution < 1.29 is 55.0 Å². The number of phosphoric acid groups is 1. The van der Waals surface area contributed by atoms with Crippen LogP contribution >= 0.6 is 7.82 Å². The van der Waals surface area contributed by atoms with Crippen LogP contribution in [0.3, 0.4) is 0 Å². The molecule has 0 amide bonds. The zero-order valence-electron chi connectivity index (χ0n) is 27.6. The molecule has 0 saturated carbocycles. The number of rotatable bonds is 15. The smallest absolute Gasteiger partial charge is 0.460 e. The zero-order chi connectivity index (χ0) is 37.1. The molecule has 0 radical (unpaired) electrons. The highest BCUT2D eigenvalue weighted by Crippen LogP contribution is 2.47. The average molecular weight is 745 g/mol. The molecule has 50 heavy (non-hydrogen) atoms. The molecule has 0 aliphatic carbocycles. The summed E-state index contributed by atoms with van der Waals surface area (Å²) >= 11 is 0. The van der Waals surface area contributed by atoms with Crippen LogP contribution in [-0.2, 0) is 32.6 Å². The topological polar surface area (TPSA) is 208 Å². The number of hydrogen-bond donors (Lipinski definition) is 2. The molecule has 0 aromatic carbocycles. The van der Waals surface area contributed by atoms with Crippen molar-refractivity contribution in [2.24, 2.45) is 5.92 Å². The molecule has 2 aliphatic rings. The minimum Gasteiger partial charge on any atom is -0.756 e. The van der Waals surface area contributed by atoms with Crippen LogP contribution in [0, 0.1) is 5.92 Å². The average Bonchev–Trinajstić information content (AvgIpc) is 3.48. The lowest BCUT2D eigenvalue weighted by atomic mass is 9.95. The van der Waals surface area contributed by atoms with E-state index in [1.165, 1.54) is 13.8 Å². The quantitative estimate of drug-likeness (QED) is 0.147. The summed E-state index contributed by atoms with van der Waals surface area (Å²) < 4.78 is 107. The number of nitrogens with zero attached hydrogens (tertiary/aromatic N) is 3. The van der Waals surface area contributed by atoms with Gasteiger partial charge in [-0.3, -0.25) is 33.3 Å². The third kappa shape index (κ3) is 9.65. The van der Waals surface area contributed by atoms with Gasteiger partial charge in [0, 0.05) is 50.6 Å². The highest BCUT2D eigenvalue weighted by Gasteiger charge is 2.52. The van der Waals surface area contributed by atoms with Crippen LogP contribution in [0.1, 0.15) is 46.6 Å². The van der Waals surface area contributed by atoms with Gasteiger partial charge in [-0.15, -0.1) is 0 Å². The largest absolute Gasteiger partial charge is 0.756 e. The molecular formula is C28H39F4N5O12P-. The summed E-state index contributed by atoms with van der Waals surface area (Å²) in [4.78, 5) is 64.8. The van der Waals surface area contributed by atoms with E-state index in [9.17, 15) is 41.8 Å². The van der Waals surface area contributed by atoms with Gasteiger partial charge in [-0.1, -0.05) is 0 Å². The maximum Gasteiger partial charge on any atom is 0.460 e. The maximum absolute atomic E-state index is 16.0. The van der Waals surface area contributed by atoms with Gasteiger partial charge in [0.05, 0.1) is 24.9 Å². The normalized spacial score (nSPS) is 28.6. The van der Waals surface area contributed by atoms with Crippen LogP contribution in [0.5, 0.6) is 0 Å². The van der Waals surface area contributed by atoms with Gasteiger partial charge >= 0.3 is 17.7 Å². The SMILES string of the molecule is CO[C@@H]1[C@H](OP(=O)([O-])OC(C)C)[C@@H](CN(CC[C@H]2[C@@H](F)[C@H](n3ccc(=O)[nH]c3=O)O[C@@H]2COC(C)C)C(F)(F)F)O[C@H]1n1ccc(=O)[nH]c1=O. The Morgan fingerprint density at radius 2 is 1.50 bits per heavy atom. The molecule has 2 aromatic rings. The van der Waals surface area contributed by atoms with Crippen molar-refractivity contribution in [2.75, 3.05) is 26.8 Å². The van der Waals surface area contributed by atoms with Gasteiger partial charge in [-0.25, -0.2) is 18.9 Å². The molecule has 0 spiro atoms. The molecule has 2 aromatic heterocycles. The number of H-pyrrole nitrogens is 2. The van der Waals surface area contributed by atoms with Crippen LogP contribution in [0.2, 0.25) is 0 Å². The summed E-state index contributed by atoms with van der Waals surface area (Å²) in [6, 6.07) is 1.90. The van der Waals surface area contributed by atoms with E-state index in [2.05, 4.69) is 0 Å². The van der Waals surface area contributed by atoms with E-state index in [0.717, 1.165) is 40.8 Å². The molecule has 17 nitrogen and oxygen atoms in total. The van der Waals surface area contributed by atoms with Crippen molar-refractivity contribution in [3.05, 3.63) is 66.2 Å². The lowest BCUT2D eigenvalue weighted by Crippen LogP contribution is -2.48. The second-order valence-electron chi connectivity index (χ2n) is 12.2. The standard InChI is InChI=1S/C28H40F4N5O12P/c1-14(2)45-13-18-16(21(29)24(47-18)36-10-7-19(38)33-26(36)40)6-9-35(28(30,31)32)12-17-22(49-50(42,43)48-15(3)4)23(44-5)25(46-17)37-11-8-20(39)34-27(37)41/h7-8,10-11,14-18,21-25H,6,9,12-13H2,1-5H3,(H,42,43)(H,33,38,40)(H,34,39,41)/p-1/t16-,17-,18-,21-,22-,23-,24-,25-/m1/s1. The Morgan fingerprint density at radius 3 is 2.00 bits per heavy atom. The predicted octanol–water partition coefficient (Wildman–Crippen LogP) is 0.766. The molecule has 0 bridgehead atoms. The summed E-state index contributed by atoms with van der Waals surface area (Å²) in [6.07, 6.45) is -16.2. The first-order valence-electron chi connectivity index (χ1n) is 15.5. The van der Waals surface area contributed by atoms with Crippen molar-refractivity contribution in [1.29, 1.82) is 0 Å². The Bertz CT molecular complexity index is 1730. The predicted molar refractivity (Wildman–Crippen MR) is 162 cm³/mol. The third-order valence-corrected chi connectivity index (χ3v) is 9.14. The Balaban J connectivity index is 1.63. The first kappa shape index (κ1) is 39.8. The number of hydrogen-bond acceptors (Lipinski definition) is 13. The first-order valence-corrected chi connectivity index (χ1v) is 17.0. The highest BCUT2D eigenvalue weighted by molar-refractivity contribution is 7.45. The van der Waals surface area contributed by atoms with Crippen LogP contribution in [0.25, 0.3) is 0 Å². The second-order valence-corrected chi connectivity index (χ2v) is 13.5. The highest BCUT2D eigenvalue weighted by atomic mass is 31.2. The van der Waals surface area contributed by atoms with Crippen molar-refractivity contribution in [3.63, 3.8) is 0 Å². The van der Waals surface area contributed by atoms with Gasteiger partial charge in [0.15, 0.2) is 18.6 Å². The number of methoxy groups -OCH3 is 1. The monoisotopic (exact) mass is 744 g/mol. The number of phosphoric ester groups is 1. The molecular weight excluding hydrogens is 705 g/mol. The van der Waals surface area contributed by atoms with Crippen LogP contribution in [0.4, 0.5) is 17.6 Å². The van der Waals surface area contributed by atoms with Crippen LogP contribution in [-0.4, -0.2) is 99.9 Å². The third-order valence-electron chi connectivity index (χ3n) is 7.96. The van der Waals surface area contributed by atoms with Crippen molar-refractivity contribution in [3.8, 4) is 0 Å². The Kier molecular flexibility index (Phi) is 12.8. The van der Waals surface area contributed by atoms with E-state index in [1.807, 2.05) is 9.97 Å². The van der Waals surface area contributed by atoms with E-state index < -0.39 is 111 Å². The molecule has 2 fully saturated rings. The second kappa shape index (κ2) is 16.1. The number of nitrogens with one attached hydrogen (secondary N) is 2. The van der Waals surface area contributed by atoms with Crippen LogP contribution in [0.15, 0.2) is 43.7 Å². The molecule has 2 aliphatic heterocycles. The molecule has 282 valence electrons. The first-order chi connectivity index (χ1) is 23.3. The number of aromatic amines is 2. The van der Waals surface area contributed by atoms with Crippen molar-refractivity contribution in [1.82, 2.24) is 24.0 Å². The Morgan fingerprint density at radius 1 is 0.940 bits per heavy atom. The lowest BCUT2D eigenvalue weighted by molar-refractivity contribution is -0.257. The van der Waals surface area contributed by atoms with Gasteiger partial charge in [-0.2, -0.15) is 13.2 Å². The molecule has 2 saturated heterocycles. The van der Waals surface area contributed by atoms with E-state index in [0.29, 0.717) is 0 Å². The minimum absolute atomic E-state index is 0.0512. The molecule has 1 unspecified atom stereocenters. The molecule has 22 heteroatoms. The van der Waals surface area contributed by atoms with Gasteiger partial charge in [0.2, 0.25) is 0 Å². The number of halogens is 4. The molecule has 2 N–H and O–H groups in total. The fourth-order valence-electron chi connectivity index (χ4n) is 5.77. The van der Waals surface area contributed by atoms with Gasteiger partial charge < -0.3 is 32.9 Å². The maximum atomic E-state index is 16.0. The molecule has 4 rings (SSSR count). The lowest BCUT2D eigenvalue weighted by Gasteiger charge is -2.34. The van der Waals surface area contributed by atoms with Crippen molar-refractivity contribution >= 4 is 7.82 Å². The summed E-state index contributed by atoms with van der Waals surface area (Å²) in [7, 11) is -4.12. The van der Waals surface area contributed by atoms with E-state index in [4.69, 9.17) is 28.0 Å². The minimum atomic E-state index is -5.20. The summed E-state index contributed by atoms with van der Waals surface area (Å²) in [5.41, 5.74) is -3.55. The van der Waals surface area contributed by atoms with Crippen molar-refractivity contribution in [2.45, 2.75) is 95.7 Å². The fourth-order valence-corrected chi connectivity index (χ4v) is 6.89.